The Balaban J connectivity index is 1.80. The van der Waals surface area contributed by atoms with E-state index in [1.54, 1.807) is 12.1 Å². The van der Waals surface area contributed by atoms with Crippen LogP contribution in [0, 0.1) is 10.1 Å². The summed E-state index contributed by atoms with van der Waals surface area (Å²) in [7, 11) is 0. The Bertz CT molecular complexity index is 1250. The molecule has 0 fully saturated rings. The van der Waals surface area contributed by atoms with Gasteiger partial charge in [0.15, 0.2) is 5.75 Å². The number of aliphatic imine (C=N–C) groups is 1. The van der Waals surface area contributed by atoms with E-state index in [-0.39, 0.29) is 23.7 Å². The van der Waals surface area contributed by atoms with Gasteiger partial charge in [0, 0.05) is 30.5 Å². The summed E-state index contributed by atoms with van der Waals surface area (Å²) in [6.07, 6.45) is 1.90. The Kier molecular flexibility index (Phi) is 5.19. The highest BCUT2D eigenvalue weighted by Crippen LogP contribution is 2.28. The monoisotopic (exact) mass is 403 g/mol. The summed E-state index contributed by atoms with van der Waals surface area (Å²) in [5.74, 6) is -0.0915. The standard InChI is InChI=1S/C21H17N5O4/c27-9-8-14-10-15(13-22-16-4-2-1-3-5-16)21(28)20(11-14)25-23-18-7-6-17(26(29)30)12-19(18)24-25/h1-7,10-13,27-28H,8-9H2. The lowest BCUT2D eigenvalue weighted by molar-refractivity contribution is -0.384. The molecule has 9 nitrogen and oxygen atoms in total. The zero-order valence-electron chi connectivity index (χ0n) is 15.7. The van der Waals surface area contributed by atoms with Crippen LogP contribution in [0.5, 0.6) is 5.75 Å². The first-order valence-electron chi connectivity index (χ1n) is 9.13. The molecule has 30 heavy (non-hydrogen) atoms. The second-order valence-electron chi connectivity index (χ2n) is 6.54. The first-order valence-corrected chi connectivity index (χ1v) is 9.13. The van der Waals surface area contributed by atoms with Crippen LogP contribution in [-0.4, -0.2) is 43.0 Å². The highest BCUT2D eigenvalue weighted by molar-refractivity contribution is 5.87. The van der Waals surface area contributed by atoms with E-state index in [1.807, 2.05) is 30.3 Å². The lowest BCUT2D eigenvalue weighted by atomic mass is 10.1. The number of para-hydroxylation sites is 1. The van der Waals surface area contributed by atoms with Crippen LogP contribution in [0.25, 0.3) is 16.7 Å². The molecule has 0 spiro atoms. The zero-order chi connectivity index (χ0) is 21.1. The fourth-order valence-corrected chi connectivity index (χ4v) is 3.01. The first kappa shape index (κ1) is 19.2. The maximum Gasteiger partial charge on any atom is 0.271 e. The summed E-state index contributed by atoms with van der Waals surface area (Å²) < 4.78 is 0. The maximum atomic E-state index is 11.0. The number of non-ortho nitro benzene ring substituents is 1. The molecule has 0 amide bonds. The number of aromatic nitrogens is 3. The van der Waals surface area contributed by atoms with E-state index < -0.39 is 4.92 Å². The number of hydrogen-bond acceptors (Lipinski definition) is 7. The Morgan fingerprint density at radius 1 is 1.07 bits per heavy atom. The van der Waals surface area contributed by atoms with Gasteiger partial charge in [0.1, 0.15) is 16.7 Å². The second kappa shape index (κ2) is 8.10. The van der Waals surface area contributed by atoms with Crippen LogP contribution in [0.2, 0.25) is 0 Å². The van der Waals surface area contributed by atoms with Crippen molar-refractivity contribution in [3.05, 3.63) is 81.9 Å². The largest absolute Gasteiger partial charge is 0.505 e. The van der Waals surface area contributed by atoms with Crippen LogP contribution in [-0.2, 0) is 6.42 Å². The number of phenolic OH excluding ortho intramolecular Hbond substituents is 1. The van der Waals surface area contributed by atoms with Crippen LogP contribution in [0.4, 0.5) is 11.4 Å². The third-order valence-electron chi connectivity index (χ3n) is 4.48. The van der Waals surface area contributed by atoms with Crippen molar-refractivity contribution in [2.45, 2.75) is 6.42 Å². The van der Waals surface area contributed by atoms with Gasteiger partial charge in [0.25, 0.3) is 5.69 Å². The summed E-state index contributed by atoms with van der Waals surface area (Å²) in [5, 5.41) is 39.8. The van der Waals surface area contributed by atoms with Crippen molar-refractivity contribution in [2.75, 3.05) is 6.61 Å². The van der Waals surface area contributed by atoms with Crippen molar-refractivity contribution in [1.82, 2.24) is 15.0 Å². The molecule has 4 aromatic rings. The van der Waals surface area contributed by atoms with Gasteiger partial charge in [-0.1, -0.05) is 18.2 Å². The molecule has 4 rings (SSSR count). The van der Waals surface area contributed by atoms with Crippen molar-refractivity contribution in [2.24, 2.45) is 4.99 Å². The average molecular weight is 403 g/mol. The lowest BCUT2D eigenvalue weighted by Gasteiger charge is -2.09. The Morgan fingerprint density at radius 3 is 2.57 bits per heavy atom. The molecular formula is C21H17N5O4. The van der Waals surface area contributed by atoms with Crippen LogP contribution >= 0.6 is 0 Å². The molecule has 0 aliphatic carbocycles. The molecule has 0 saturated heterocycles. The summed E-state index contributed by atoms with van der Waals surface area (Å²) in [5.41, 5.74) is 2.89. The average Bonchev–Trinajstić information content (AvgIpc) is 3.18. The molecule has 1 heterocycles. The maximum absolute atomic E-state index is 11.0. The van der Waals surface area contributed by atoms with Gasteiger partial charge < -0.3 is 10.2 Å². The lowest BCUT2D eigenvalue weighted by Crippen LogP contribution is -2.03. The number of nitro groups is 1. The van der Waals surface area contributed by atoms with Crippen molar-refractivity contribution in [3.63, 3.8) is 0 Å². The summed E-state index contributed by atoms with van der Waals surface area (Å²) in [6, 6.07) is 16.8. The molecule has 0 aliphatic heterocycles. The van der Waals surface area contributed by atoms with E-state index >= 15 is 0 Å². The quantitative estimate of drug-likeness (QED) is 0.289. The van der Waals surface area contributed by atoms with Gasteiger partial charge in [-0.05, 0) is 42.3 Å². The van der Waals surface area contributed by atoms with Gasteiger partial charge >= 0.3 is 0 Å². The summed E-state index contributed by atoms with van der Waals surface area (Å²) in [4.78, 5) is 16.1. The second-order valence-corrected chi connectivity index (χ2v) is 6.54. The van der Waals surface area contributed by atoms with Gasteiger partial charge in [-0.15, -0.1) is 15.0 Å². The summed E-state index contributed by atoms with van der Waals surface area (Å²) >= 11 is 0. The Hall–Kier alpha value is -4.11. The number of nitro benzene ring substituents is 1. The first-order chi connectivity index (χ1) is 14.5. The van der Waals surface area contributed by atoms with Crippen LogP contribution < -0.4 is 0 Å². The Morgan fingerprint density at radius 2 is 1.83 bits per heavy atom. The normalized spacial score (nSPS) is 11.4. The molecule has 0 bridgehead atoms. The van der Waals surface area contributed by atoms with Crippen LogP contribution in [0.15, 0.2) is 65.7 Å². The van der Waals surface area contributed by atoms with Crippen molar-refractivity contribution >= 4 is 28.6 Å². The van der Waals surface area contributed by atoms with E-state index in [1.165, 1.54) is 29.2 Å². The third kappa shape index (κ3) is 3.87. The number of aliphatic hydroxyl groups excluding tert-OH is 1. The molecule has 0 aliphatic rings. The minimum atomic E-state index is -0.504. The topological polar surface area (TPSA) is 127 Å². The predicted octanol–water partition coefficient (Wildman–Crippen LogP) is 3.32. The molecule has 3 aromatic carbocycles. The summed E-state index contributed by atoms with van der Waals surface area (Å²) in [6.45, 7) is -0.0693. The van der Waals surface area contributed by atoms with Crippen molar-refractivity contribution in [3.8, 4) is 11.4 Å². The smallest absolute Gasteiger partial charge is 0.271 e. The number of phenols is 1. The van der Waals surface area contributed by atoms with Gasteiger partial charge in [-0.25, -0.2) is 0 Å². The van der Waals surface area contributed by atoms with Crippen LogP contribution in [0.3, 0.4) is 0 Å². The highest BCUT2D eigenvalue weighted by Gasteiger charge is 2.16. The highest BCUT2D eigenvalue weighted by atomic mass is 16.6. The number of hydrogen-bond donors (Lipinski definition) is 2. The van der Waals surface area contributed by atoms with Crippen molar-refractivity contribution in [1.29, 1.82) is 0 Å². The SMILES string of the molecule is O=[N+]([O-])c1ccc2nn(-c3cc(CCO)cc(C=Nc4ccccc4)c3O)nc2c1. The minimum Gasteiger partial charge on any atom is -0.505 e. The van der Waals surface area contributed by atoms with E-state index in [2.05, 4.69) is 15.2 Å². The molecule has 0 unspecified atom stereocenters. The minimum absolute atomic E-state index is 0.0693. The van der Waals surface area contributed by atoms with Gasteiger partial charge in [0.05, 0.1) is 10.6 Å². The Labute approximate surface area is 170 Å². The van der Waals surface area contributed by atoms with Crippen LogP contribution in [0.1, 0.15) is 11.1 Å². The molecule has 9 heteroatoms. The van der Waals surface area contributed by atoms with E-state index in [0.29, 0.717) is 23.0 Å². The number of nitrogens with zero attached hydrogens (tertiary/aromatic N) is 5. The predicted molar refractivity (Wildman–Crippen MR) is 112 cm³/mol. The molecule has 0 saturated carbocycles. The molecule has 0 radical (unpaired) electrons. The van der Waals surface area contributed by atoms with E-state index in [0.717, 1.165) is 11.3 Å². The van der Waals surface area contributed by atoms with E-state index in [9.17, 15) is 20.3 Å². The number of rotatable bonds is 6. The van der Waals surface area contributed by atoms with Gasteiger partial charge in [-0.3, -0.25) is 15.1 Å². The zero-order valence-corrected chi connectivity index (χ0v) is 15.7. The van der Waals surface area contributed by atoms with E-state index in [4.69, 9.17) is 0 Å². The van der Waals surface area contributed by atoms with Gasteiger partial charge in [-0.2, -0.15) is 0 Å². The van der Waals surface area contributed by atoms with Gasteiger partial charge in [0.2, 0.25) is 0 Å². The van der Waals surface area contributed by atoms with Crippen molar-refractivity contribution < 1.29 is 15.1 Å². The fourth-order valence-electron chi connectivity index (χ4n) is 3.01. The number of fused-ring (bicyclic) bond motifs is 1. The molecule has 150 valence electrons. The number of benzene rings is 3. The third-order valence-corrected chi connectivity index (χ3v) is 4.48. The fraction of sp³-hybridized carbons (Fsp3) is 0.0952. The molecule has 0 atom stereocenters. The molecular weight excluding hydrogens is 386 g/mol. The number of aromatic hydroxyl groups is 1. The molecule has 2 N–H and O–H groups in total. The molecule has 1 aromatic heterocycles. The number of aliphatic hydroxyl groups is 1.